The maximum absolute atomic E-state index is 5.64. The van der Waals surface area contributed by atoms with Crippen LogP contribution in [0.25, 0.3) is 11.0 Å². The molecule has 0 saturated carbocycles. The molecular weight excluding hydrogens is 248 g/mol. The average Bonchev–Trinajstić information content (AvgIpc) is 2.73. The number of nitrogens with two attached hydrogens (primary N) is 1. The normalized spacial score (nSPS) is 11.7. The van der Waals surface area contributed by atoms with Gasteiger partial charge in [0.1, 0.15) is 5.82 Å². The fourth-order valence-corrected chi connectivity index (χ4v) is 2.54. The second-order valence-electron chi connectivity index (χ2n) is 5.72. The molecule has 0 saturated heterocycles. The number of hydrogen-bond donors (Lipinski definition) is 1. The van der Waals surface area contributed by atoms with Crippen LogP contribution in [-0.2, 0) is 13.0 Å². The van der Waals surface area contributed by atoms with Gasteiger partial charge in [0.05, 0.1) is 11.0 Å². The Balaban J connectivity index is 2.26. The van der Waals surface area contributed by atoms with Gasteiger partial charge in [-0.1, -0.05) is 6.07 Å². The number of aromatic nitrogens is 2. The van der Waals surface area contributed by atoms with Gasteiger partial charge in [-0.05, 0) is 64.6 Å². The summed E-state index contributed by atoms with van der Waals surface area (Å²) in [6.45, 7) is 4.96. The molecule has 0 spiro atoms. The first-order valence-electron chi connectivity index (χ1n) is 7.42. The minimum atomic E-state index is 0.722. The van der Waals surface area contributed by atoms with Crippen molar-refractivity contribution in [2.24, 2.45) is 5.73 Å². The molecule has 0 aliphatic rings. The minimum Gasteiger partial charge on any atom is -0.330 e. The summed E-state index contributed by atoms with van der Waals surface area (Å²) in [5.41, 5.74) is 9.27. The molecule has 0 aliphatic carbocycles. The Kier molecular flexibility index (Phi) is 5.15. The maximum Gasteiger partial charge on any atom is 0.109 e. The predicted octanol–water partition coefficient (Wildman–Crippen LogP) is 2.19. The van der Waals surface area contributed by atoms with Gasteiger partial charge >= 0.3 is 0 Å². The average molecular weight is 274 g/mol. The van der Waals surface area contributed by atoms with Crippen molar-refractivity contribution in [3.8, 4) is 0 Å². The number of fused-ring (bicyclic) bond motifs is 1. The zero-order chi connectivity index (χ0) is 14.5. The van der Waals surface area contributed by atoms with E-state index in [0.29, 0.717) is 0 Å². The third-order valence-electron chi connectivity index (χ3n) is 3.57. The molecule has 0 fully saturated rings. The van der Waals surface area contributed by atoms with E-state index in [9.17, 15) is 0 Å². The molecule has 1 heterocycles. The molecule has 0 bridgehead atoms. The van der Waals surface area contributed by atoms with E-state index in [4.69, 9.17) is 10.7 Å². The summed E-state index contributed by atoms with van der Waals surface area (Å²) in [5.74, 6) is 1.18. The third kappa shape index (κ3) is 3.58. The lowest BCUT2D eigenvalue weighted by Crippen LogP contribution is -2.16. The summed E-state index contributed by atoms with van der Waals surface area (Å²) >= 11 is 0. The van der Waals surface area contributed by atoms with Crippen molar-refractivity contribution >= 4 is 11.0 Å². The van der Waals surface area contributed by atoms with E-state index >= 15 is 0 Å². The minimum absolute atomic E-state index is 0.722. The highest BCUT2D eigenvalue weighted by Gasteiger charge is 2.10. The number of hydrogen-bond acceptors (Lipinski definition) is 3. The summed E-state index contributed by atoms with van der Waals surface area (Å²) in [4.78, 5) is 7.03. The zero-order valence-electron chi connectivity index (χ0n) is 12.9. The van der Waals surface area contributed by atoms with E-state index in [1.54, 1.807) is 0 Å². The van der Waals surface area contributed by atoms with Gasteiger partial charge in [0.25, 0.3) is 0 Å². The lowest BCUT2D eigenvalue weighted by molar-refractivity contribution is 0.386. The molecule has 2 rings (SSSR count). The summed E-state index contributed by atoms with van der Waals surface area (Å²) in [6, 6.07) is 6.53. The van der Waals surface area contributed by atoms with Gasteiger partial charge in [-0.15, -0.1) is 0 Å². The summed E-state index contributed by atoms with van der Waals surface area (Å²) in [7, 11) is 4.23. The fraction of sp³-hybridized carbons (Fsp3) is 0.562. The molecule has 4 heteroatoms. The van der Waals surface area contributed by atoms with Crippen molar-refractivity contribution in [3.63, 3.8) is 0 Å². The van der Waals surface area contributed by atoms with Crippen molar-refractivity contribution in [2.45, 2.75) is 32.7 Å². The Morgan fingerprint density at radius 1 is 1.25 bits per heavy atom. The van der Waals surface area contributed by atoms with Crippen LogP contribution in [0.15, 0.2) is 18.2 Å². The van der Waals surface area contributed by atoms with Crippen molar-refractivity contribution in [2.75, 3.05) is 27.2 Å². The van der Waals surface area contributed by atoms with Gasteiger partial charge in [-0.2, -0.15) is 0 Å². The second-order valence-corrected chi connectivity index (χ2v) is 5.72. The molecule has 4 nitrogen and oxygen atoms in total. The molecule has 20 heavy (non-hydrogen) atoms. The van der Waals surface area contributed by atoms with Gasteiger partial charge in [0.2, 0.25) is 0 Å². The van der Waals surface area contributed by atoms with E-state index < -0.39 is 0 Å². The third-order valence-corrected chi connectivity index (χ3v) is 3.57. The highest BCUT2D eigenvalue weighted by Crippen LogP contribution is 2.19. The highest BCUT2D eigenvalue weighted by molar-refractivity contribution is 5.76. The number of benzene rings is 1. The van der Waals surface area contributed by atoms with Crippen LogP contribution in [0.3, 0.4) is 0 Å². The first kappa shape index (κ1) is 15.0. The van der Waals surface area contributed by atoms with Crippen molar-refractivity contribution in [1.82, 2.24) is 14.5 Å². The summed E-state index contributed by atoms with van der Waals surface area (Å²) in [5, 5.41) is 0. The first-order chi connectivity index (χ1) is 9.61. The van der Waals surface area contributed by atoms with Crippen LogP contribution in [0, 0.1) is 6.92 Å². The van der Waals surface area contributed by atoms with Gasteiger partial charge in [-0.25, -0.2) is 4.98 Å². The van der Waals surface area contributed by atoms with E-state index in [0.717, 1.165) is 44.4 Å². The quantitative estimate of drug-likeness (QED) is 0.842. The molecule has 2 aromatic rings. The summed E-state index contributed by atoms with van der Waals surface area (Å²) < 4.78 is 2.37. The Hall–Kier alpha value is -1.39. The van der Waals surface area contributed by atoms with Crippen LogP contribution in [0.2, 0.25) is 0 Å². The monoisotopic (exact) mass is 274 g/mol. The second kappa shape index (κ2) is 6.86. The van der Waals surface area contributed by atoms with Gasteiger partial charge in [0, 0.05) is 13.0 Å². The van der Waals surface area contributed by atoms with Crippen molar-refractivity contribution in [3.05, 3.63) is 29.6 Å². The molecule has 1 aromatic heterocycles. The standard InChI is InChI=1S/C16H26N4/c1-13-7-8-15-14(12-13)18-16(6-4-9-17)20(15)11-5-10-19(2)3/h7-8,12H,4-6,9-11,17H2,1-3H3. The number of aryl methyl sites for hydroxylation is 3. The molecule has 2 N–H and O–H groups in total. The van der Waals surface area contributed by atoms with Crippen LogP contribution >= 0.6 is 0 Å². The van der Waals surface area contributed by atoms with Gasteiger partial charge < -0.3 is 15.2 Å². The Morgan fingerprint density at radius 3 is 2.75 bits per heavy atom. The number of imidazole rings is 1. The Morgan fingerprint density at radius 2 is 2.05 bits per heavy atom. The molecule has 0 unspecified atom stereocenters. The summed E-state index contributed by atoms with van der Waals surface area (Å²) in [6.07, 6.45) is 3.10. The topological polar surface area (TPSA) is 47.1 Å². The lowest BCUT2D eigenvalue weighted by atomic mass is 10.2. The van der Waals surface area contributed by atoms with Crippen LogP contribution in [0.5, 0.6) is 0 Å². The largest absolute Gasteiger partial charge is 0.330 e. The van der Waals surface area contributed by atoms with Crippen LogP contribution in [0.1, 0.15) is 24.2 Å². The van der Waals surface area contributed by atoms with E-state index in [1.807, 2.05) is 0 Å². The molecular formula is C16H26N4. The lowest BCUT2D eigenvalue weighted by Gasteiger charge is -2.12. The molecule has 0 amide bonds. The SMILES string of the molecule is Cc1ccc2c(c1)nc(CCCN)n2CCCN(C)C. The fourth-order valence-electron chi connectivity index (χ4n) is 2.54. The van der Waals surface area contributed by atoms with Crippen molar-refractivity contribution < 1.29 is 0 Å². The number of rotatable bonds is 7. The van der Waals surface area contributed by atoms with Crippen LogP contribution in [0.4, 0.5) is 0 Å². The maximum atomic E-state index is 5.64. The first-order valence-corrected chi connectivity index (χ1v) is 7.42. The van der Waals surface area contributed by atoms with Gasteiger partial charge in [0.15, 0.2) is 0 Å². The predicted molar refractivity (Wildman–Crippen MR) is 85.0 cm³/mol. The van der Waals surface area contributed by atoms with Gasteiger partial charge in [-0.3, -0.25) is 0 Å². The Bertz CT molecular complexity index is 557. The molecule has 0 radical (unpaired) electrons. The van der Waals surface area contributed by atoms with E-state index in [1.165, 1.54) is 16.9 Å². The Labute approximate surface area is 121 Å². The van der Waals surface area contributed by atoms with Crippen LogP contribution < -0.4 is 5.73 Å². The van der Waals surface area contributed by atoms with Crippen molar-refractivity contribution in [1.29, 1.82) is 0 Å². The molecule has 110 valence electrons. The smallest absolute Gasteiger partial charge is 0.109 e. The molecule has 0 atom stereocenters. The van der Waals surface area contributed by atoms with E-state index in [2.05, 4.69) is 48.7 Å². The zero-order valence-corrected chi connectivity index (χ0v) is 12.9. The highest BCUT2D eigenvalue weighted by atomic mass is 15.1. The number of nitrogens with zero attached hydrogens (tertiary/aromatic N) is 3. The molecule has 0 aliphatic heterocycles. The van der Waals surface area contributed by atoms with Crippen LogP contribution in [-0.4, -0.2) is 41.6 Å². The molecule has 1 aromatic carbocycles. The van der Waals surface area contributed by atoms with E-state index in [-0.39, 0.29) is 0 Å².